The van der Waals surface area contributed by atoms with Gasteiger partial charge in [-0.25, -0.2) is 8.42 Å². The molecule has 1 N–H and O–H groups in total. The molecule has 0 saturated carbocycles. The van der Waals surface area contributed by atoms with Crippen molar-refractivity contribution in [1.82, 2.24) is 0 Å². The van der Waals surface area contributed by atoms with Gasteiger partial charge in [0.15, 0.2) is 0 Å². The van der Waals surface area contributed by atoms with E-state index < -0.39 is 15.9 Å². The number of rotatable bonds is 7. The fourth-order valence-electron chi connectivity index (χ4n) is 3.99. The van der Waals surface area contributed by atoms with Crippen LogP contribution in [-0.2, 0) is 14.8 Å². The number of benzene rings is 3. The predicted octanol–water partition coefficient (Wildman–Crippen LogP) is 5.39. The Labute approximate surface area is 206 Å². The second-order valence-corrected chi connectivity index (χ2v) is 10.8. The number of amides is 1. The molecular formula is C26H28ClN3O3S. The van der Waals surface area contributed by atoms with E-state index in [1.165, 1.54) is 37.1 Å². The molecule has 4 rings (SSSR count). The zero-order chi connectivity index (χ0) is 24.3. The summed E-state index contributed by atoms with van der Waals surface area (Å²) >= 11 is 5.95. The van der Waals surface area contributed by atoms with Crippen LogP contribution in [-0.4, -0.2) is 34.0 Å². The number of nitrogens with one attached hydrogen (secondary N) is 1. The van der Waals surface area contributed by atoms with Crippen LogP contribution in [0.15, 0.2) is 71.6 Å². The molecule has 0 bridgehead atoms. The van der Waals surface area contributed by atoms with Crippen LogP contribution in [0.25, 0.3) is 0 Å². The SMILES string of the molecule is Cc1ccc(N(CC(=O)Nc2ccc(N3CCCC3)cc2)S(=O)(=O)c2ccc(Cl)cc2)cc1C. The van der Waals surface area contributed by atoms with Crippen LogP contribution < -0.4 is 14.5 Å². The van der Waals surface area contributed by atoms with Crippen LogP contribution in [0.3, 0.4) is 0 Å². The fraction of sp³-hybridized carbons (Fsp3) is 0.269. The number of hydrogen-bond donors (Lipinski definition) is 1. The van der Waals surface area contributed by atoms with E-state index in [0.717, 1.165) is 34.2 Å². The number of carbonyl (C=O) groups excluding carboxylic acids is 1. The smallest absolute Gasteiger partial charge is 0.264 e. The third kappa shape index (κ3) is 5.37. The molecule has 0 spiro atoms. The van der Waals surface area contributed by atoms with Gasteiger partial charge in [-0.15, -0.1) is 0 Å². The van der Waals surface area contributed by atoms with Gasteiger partial charge in [-0.3, -0.25) is 9.10 Å². The molecule has 0 atom stereocenters. The number of halogens is 1. The summed E-state index contributed by atoms with van der Waals surface area (Å²) in [4.78, 5) is 15.4. The molecule has 0 radical (unpaired) electrons. The van der Waals surface area contributed by atoms with Crippen LogP contribution in [0.1, 0.15) is 24.0 Å². The summed E-state index contributed by atoms with van der Waals surface area (Å²) in [6.45, 7) is 5.59. The minimum Gasteiger partial charge on any atom is -0.372 e. The van der Waals surface area contributed by atoms with Gasteiger partial charge in [0.2, 0.25) is 5.91 Å². The predicted molar refractivity (Wildman–Crippen MR) is 138 cm³/mol. The lowest BCUT2D eigenvalue weighted by Crippen LogP contribution is -2.38. The van der Waals surface area contributed by atoms with Crippen molar-refractivity contribution in [2.45, 2.75) is 31.6 Å². The molecule has 1 amide bonds. The van der Waals surface area contributed by atoms with Crippen molar-refractivity contribution in [3.63, 3.8) is 0 Å². The van der Waals surface area contributed by atoms with Gasteiger partial charge in [-0.05, 0) is 98.5 Å². The molecule has 1 aliphatic heterocycles. The van der Waals surface area contributed by atoms with Crippen molar-refractivity contribution in [1.29, 1.82) is 0 Å². The normalized spacial score (nSPS) is 13.7. The highest BCUT2D eigenvalue weighted by Crippen LogP contribution is 2.27. The average molecular weight is 498 g/mol. The Hall–Kier alpha value is -3.03. The van der Waals surface area contributed by atoms with E-state index in [4.69, 9.17) is 11.6 Å². The monoisotopic (exact) mass is 497 g/mol. The van der Waals surface area contributed by atoms with Crippen LogP contribution in [0.5, 0.6) is 0 Å². The van der Waals surface area contributed by atoms with Gasteiger partial charge in [0.1, 0.15) is 6.54 Å². The lowest BCUT2D eigenvalue weighted by Gasteiger charge is -2.25. The average Bonchev–Trinajstić information content (AvgIpc) is 3.35. The number of hydrogen-bond acceptors (Lipinski definition) is 4. The highest BCUT2D eigenvalue weighted by molar-refractivity contribution is 7.92. The summed E-state index contributed by atoms with van der Waals surface area (Å²) in [5.74, 6) is -0.426. The van der Waals surface area contributed by atoms with Gasteiger partial charge in [0.25, 0.3) is 10.0 Å². The van der Waals surface area contributed by atoms with Gasteiger partial charge in [-0.1, -0.05) is 17.7 Å². The molecule has 0 unspecified atom stereocenters. The molecule has 1 saturated heterocycles. The molecular weight excluding hydrogens is 470 g/mol. The van der Waals surface area contributed by atoms with Crippen molar-refractivity contribution in [2.24, 2.45) is 0 Å². The maximum atomic E-state index is 13.5. The minimum atomic E-state index is -4.00. The number of nitrogens with zero attached hydrogens (tertiary/aromatic N) is 2. The van der Waals surface area contributed by atoms with Gasteiger partial charge < -0.3 is 10.2 Å². The highest BCUT2D eigenvalue weighted by Gasteiger charge is 2.27. The molecule has 3 aromatic rings. The standard InChI is InChI=1S/C26H28ClN3O3S/c1-19-5-10-24(17-20(19)2)30(34(32,33)25-13-6-21(27)7-14-25)18-26(31)28-22-8-11-23(12-9-22)29-15-3-4-16-29/h5-14,17H,3-4,15-16,18H2,1-2H3,(H,28,31). The van der Waals surface area contributed by atoms with Crippen molar-refractivity contribution in [2.75, 3.05) is 34.2 Å². The molecule has 0 aromatic heterocycles. The van der Waals surface area contributed by atoms with Crippen molar-refractivity contribution >= 4 is 44.6 Å². The van der Waals surface area contributed by atoms with E-state index >= 15 is 0 Å². The molecule has 1 fully saturated rings. The van der Waals surface area contributed by atoms with Crippen LogP contribution >= 0.6 is 11.6 Å². The van der Waals surface area contributed by atoms with Gasteiger partial charge in [-0.2, -0.15) is 0 Å². The van der Waals surface area contributed by atoms with Crippen molar-refractivity contribution < 1.29 is 13.2 Å². The summed E-state index contributed by atoms with van der Waals surface area (Å²) in [7, 11) is -4.00. The quantitative estimate of drug-likeness (QED) is 0.475. The van der Waals surface area contributed by atoms with Gasteiger partial charge in [0, 0.05) is 29.5 Å². The fourth-order valence-corrected chi connectivity index (χ4v) is 5.53. The van der Waals surface area contributed by atoms with E-state index in [1.54, 1.807) is 12.1 Å². The molecule has 178 valence electrons. The first-order chi connectivity index (χ1) is 16.2. The van der Waals surface area contributed by atoms with Crippen LogP contribution in [0.4, 0.5) is 17.1 Å². The summed E-state index contributed by atoms with van der Waals surface area (Å²) in [5, 5.41) is 3.27. The largest absolute Gasteiger partial charge is 0.372 e. The first kappa shape index (κ1) is 24.1. The summed E-state index contributed by atoms with van der Waals surface area (Å²) in [6.07, 6.45) is 2.38. The Morgan fingerprint density at radius 2 is 1.59 bits per heavy atom. The maximum absolute atomic E-state index is 13.5. The molecule has 3 aromatic carbocycles. The van der Waals surface area contributed by atoms with Crippen molar-refractivity contribution in [3.05, 3.63) is 82.9 Å². The first-order valence-corrected chi connectivity index (χ1v) is 13.1. The molecule has 34 heavy (non-hydrogen) atoms. The maximum Gasteiger partial charge on any atom is 0.264 e. The molecule has 1 heterocycles. The number of carbonyl (C=O) groups is 1. The second-order valence-electron chi connectivity index (χ2n) is 8.52. The molecule has 6 nitrogen and oxygen atoms in total. The Kier molecular flexibility index (Phi) is 7.14. The van der Waals surface area contributed by atoms with E-state index in [0.29, 0.717) is 16.4 Å². The molecule has 1 aliphatic rings. The van der Waals surface area contributed by atoms with Gasteiger partial charge in [0.05, 0.1) is 10.6 Å². The third-order valence-corrected chi connectivity index (χ3v) is 8.13. The van der Waals surface area contributed by atoms with E-state index in [1.807, 2.05) is 44.2 Å². The van der Waals surface area contributed by atoms with Crippen LogP contribution in [0.2, 0.25) is 5.02 Å². The van der Waals surface area contributed by atoms with Crippen LogP contribution in [0, 0.1) is 13.8 Å². The first-order valence-electron chi connectivity index (χ1n) is 11.2. The second kappa shape index (κ2) is 10.1. The minimum absolute atomic E-state index is 0.0675. The van der Waals surface area contributed by atoms with E-state index in [9.17, 15) is 13.2 Å². The zero-order valence-corrected chi connectivity index (χ0v) is 20.9. The third-order valence-electron chi connectivity index (χ3n) is 6.09. The zero-order valence-electron chi connectivity index (χ0n) is 19.3. The lowest BCUT2D eigenvalue weighted by atomic mass is 10.1. The van der Waals surface area contributed by atoms with E-state index in [-0.39, 0.29) is 11.4 Å². The molecule has 0 aliphatic carbocycles. The Balaban J connectivity index is 1.58. The lowest BCUT2D eigenvalue weighted by molar-refractivity contribution is -0.114. The van der Waals surface area contributed by atoms with Crippen molar-refractivity contribution in [3.8, 4) is 0 Å². The van der Waals surface area contributed by atoms with E-state index in [2.05, 4.69) is 10.2 Å². The number of anilines is 3. The number of sulfonamides is 1. The number of aryl methyl sites for hydroxylation is 2. The highest BCUT2D eigenvalue weighted by atomic mass is 35.5. The Morgan fingerprint density at radius 1 is 0.941 bits per heavy atom. The molecule has 8 heteroatoms. The Morgan fingerprint density at radius 3 is 2.21 bits per heavy atom. The Bertz CT molecular complexity index is 1270. The summed E-state index contributed by atoms with van der Waals surface area (Å²) < 4.78 is 28.2. The topological polar surface area (TPSA) is 69.7 Å². The summed E-state index contributed by atoms with van der Waals surface area (Å²) in [6, 6.07) is 18.9. The van der Waals surface area contributed by atoms with Gasteiger partial charge >= 0.3 is 0 Å². The summed E-state index contributed by atoms with van der Waals surface area (Å²) in [5.41, 5.74) is 4.15.